The molecule has 17 heavy (non-hydrogen) atoms. The number of hydrogen-bond acceptors (Lipinski definition) is 5. The molecule has 1 saturated heterocycles. The van der Waals surface area contributed by atoms with Crippen molar-refractivity contribution in [2.75, 3.05) is 23.7 Å². The number of aromatic nitrogens is 1. The standard InChI is InChI=1S/C12H19N3S2/c1-8-7-15(5-6-16-8)12-14-11-9(13)3-2-4-10(11)17-12/h8-9H,2-7,13H2,1H3. The normalized spacial score (nSPS) is 29.2. The lowest BCUT2D eigenvalue weighted by molar-refractivity contribution is 0.563. The largest absolute Gasteiger partial charge is 0.346 e. The van der Waals surface area contributed by atoms with Gasteiger partial charge < -0.3 is 10.6 Å². The van der Waals surface area contributed by atoms with Gasteiger partial charge in [0.1, 0.15) is 0 Å². The minimum absolute atomic E-state index is 0.181. The van der Waals surface area contributed by atoms with Crippen molar-refractivity contribution in [3.05, 3.63) is 10.6 Å². The first-order chi connectivity index (χ1) is 8.24. The number of thiazole rings is 1. The van der Waals surface area contributed by atoms with E-state index >= 15 is 0 Å². The average Bonchev–Trinajstić information content (AvgIpc) is 2.74. The van der Waals surface area contributed by atoms with Crippen molar-refractivity contribution in [3.8, 4) is 0 Å². The predicted octanol–water partition coefficient (Wildman–Crippen LogP) is 2.42. The van der Waals surface area contributed by atoms with E-state index in [0.717, 1.165) is 24.8 Å². The van der Waals surface area contributed by atoms with Crippen LogP contribution in [-0.2, 0) is 6.42 Å². The van der Waals surface area contributed by atoms with Crippen LogP contribution in [0.5, 0.6) is 0 Å². The summed E-state index contributed by atoms with van der Waals surface area (Å²) in [5.41, 5.74) is 7.32. The van der Waals surface area contributed by atoms with Crippen LogP contribution in [0.2, 0.25) is 0 Å². The molecule has 0 bridgehead atoms. The summed E-state index contributed by atoms with van der Waals surface area (Å²) >= 11 is 3.94. The van der Waals surface area contributed by atoms with Gasteiger partial charge in [0.2, 0.25) is 0 Å². The van der Waals surface area contributed by atoms with Crippen molar-refractivity contribution in [1.82, 2.24) is 4.98 Å². The van der Waals surface area contributed by atoms with E-state index < -0.39 is 0 Å². The van der Waals surface area contributed by atoms with E-state index in [9.17, 15) is 0 Å². The zero-order valence-electron chi connectivity index (χ0n) is 10.2. The van der Waals surface area contributed by atoms with E-state index in [1.54, 1.807) is 0 Å². The fourth-order valence-corrected chi connectivity index (χ4v) is 4.79. The molecular formula is C12H19N3S2. The summed E-state index contributed by atoms with van der Waals surface area (Å²) in [5, 5.41) is 1.93. The van der Waals surface area contributed by atoms with E-state index in [1.807, 2.05) is 11.3 Å². The molecule has 2 aliphatic rings. The van der Waals surface area contributed by atoms with Gasteiger partial charge in [-0.3, -0.25) is 0 Å². The number of aryl methyl sites for hydroxylation is 1. The minimum atomic E-state index is 0.181. The first kappa shape index (κ1) is 11.8. The van der Waals surface area contributed by atoms with Gasteiger partial charge in [-0.05, 0) is 19.3 Å². The maximum absolute atomic E-state index is 6.14. The van der Waals surface area contributed by atoms with E-state index in [2.05, 4.69) is 23.6 Å². The third-order valence-electron chi connectivity index (χ3n) is 3.50. The van der Waals surface area contributed by atoms with Crippen molar-refractivity contribution in [2.24, 2.45) is 5.73 Å². The minimum Gasteiger partial charge on any atom is -0.346 e. The molecule has 1 aliphatic carbocycles. The number of thioether (sulfide) groups is 1. The lowest BCUT2D eigenvalue weighted by Gasteiger charge is -2.30. The highest BCUT2D eigenvalue weighted by Gasteiger charge is 2.25. The molecule has 1 aromatic heterocycles. The maximum atomic E-state index is 6.14. The van der Waals surface area contributed by atoms with E-state index in [1.165, 1.54) is 34.3 Å². The highest BCUT2D eigenvalue weighted by atomic mass is 32.2. The molecule has 1 aromatic rings. The molecule has 5 heteroatoms. The summed E-state index contributed by atoms with van der Waals surface area (Å²) in [5.74, 6) is 1.22. The van der Waals surface area contributed by atoms with Crippen LogP contribution in [0.3, 0.4) is 0 Å². The second-order valence-corrected chi connectivity index (χ2v) is 7.54. The van der Waals surface area contributed by atoms with Gasteiger partial charge in [0.25, 0.3) is 0 Å². The molecule has 1 fully saturated rings. The van der Waals surface area contributed by atoms with Crippen LogP contribution in [0, 0.1) is 0 Å². The number of anilines is 1. The van der Waals surface area contributed by atoms with Crippen LogP contribution in [0.15, 0.2) is 0 Å². The second-order valence-electron chi connectivity index (χ2n) is 4.93. The number of rotatable bonds is 1. The number of hydrogen-bond donors (Lipinski definition) is 1. The van der Waals surface area contributed by atoms with Crippen LogP contribution in [-0.4, -0.2) is 29.1 Å². The Labute approximate surface area is 111 Å². The van der Waals surface area contributed by atoms with Crippen LogP contribution >= 0.6 is 23.1 Å². The highest BCUT2D eigenvalue weighted by Crippen LogP contribution is 2.36. The molecule has 0 radical (unpaired) electrons. The Morgan fingerprint density at radius 3 is 3.12 bits per heavy atom. The fraction of sp³-hybridized carbons (Fsp3) is 0.750. The monoisotopic (exact) mass is 269 g/mol. The van der Waals surface area contributed by atoms with Crippen molar-refractivity contribution >= 4 is 28.2 Å². The lowest BCUT2D eigenvalue weighted by atomic mass is 9.99. The zero-order chi connectivity index (χ0) is 11.8. The highest BCUT2D eigenvalue weighted by molar-refractivity contribution is 8.00. The number of fused-ring (bicyclic) bond motifs is 1. The molecule has 3 nitrogen and oxygen atoms in total. The van der Waals surface area contributed by atoms with Crippen LogP contribution < -0.4 is 10.6 Å². The smallest absolute Gasteiger partial charge is 0.185 e. The van der Waals surface area contributed by atoms with Gasteiger partial charge in [-0.25, -0.2) is 4.98 Å². The maximum Gasteiger partial charge on any atom is 0.185 e. The summed E-state index contributed by atoms with van der Waals surface area (Å²) in [7, 11) is 0. The first-order valence-electron chi connectivity index (χ1n) is 6.36. The summed E-state index contributed by atoms with van der Waals surface area (Å²) in [4.78, 5) is 8.68. The third kappa shape index (κ3) is 2.33. The lowest BCUT2D eigenvalue weighted by Crippen LogP contribution is -2.36. The number of nitrogens with two attached hydrogens (primary N) is 1. The van der Waals surface area contributed by atoms with Crippen LogP contribution in [0.4, 0.5) is 5.13 Å². The molecule has 2 unspecified atom stereocenters. The van der Waals surface area contributed by atoms with E-state index in [0.29, 0.717) is 0 Å². The molecule has 2 atom stereocenters. The number of nitrogens with zero attached hydrogens (tertiary/aromatic N) is 2. The molecule has 3 rings (SSSR count). The Kier molecular flexibility index (Phi) is 3.32. The molecule has 0 spiro atoms. The fourth-order valence-electron chi connectivity index (χ4n) is 2.57. The summed E-state index contributed by atoms with van der Waals surface area (Å²) < 4.78 is 0. The molecular weight excluding hydrogens is 250 g/mol. The Morgan fingerprint density at radius 2 is 2.35 bits per heavy atom. The van der Waals surface area contributed by atoms with Gasteiger partial charge in [0.15, 0.2) is 5.13 Å². The van der Waals surface area contributed by atoms with Gasteiger partial charge in [-0.2, -0.15) is 11.8 Å². The average molecular weight is 269 g/mol. The molecule has 0 amide bonds. The molecule has 2 N–H and O–H groups in total. The van der Waals surface area contributed by atoms with E-state index in [-0.39, 0.29) is 6.04 Å². The van der Waals surface area contributed by atoms with Gasteiger partial charge >= 0.3 is 0 Å². The van der Waals surface area contributed by atoms with Crippen molar-refractivity contribution in [3.63, 3.8) is 0 Å². The van der Waals surface area contributed by atoms with Crippen molar-refractivity contribution < 1.29 is 0 Å². The Bertz CT molecular complexity index is 404. The zero-order valence-corrected chi connectivity index (χ0v) is 11.8. The molecule has 94 valence electrons. The van der Waals surface area contributed by atoms with Crippen molar-refractivity contribution in [1.29, 1.82) is 0 Å². The summed E-state index contributed by atoms with van der Waals surface area (Å²) in [6.07, 6.45) is 3.50. The van der Waals surface area contributed by atoms with Crippen LogP contribution in [0.1, 0.15) is 36.4 Å². The summed E-state index contributed by atoms with van der Waals surface area (Å²) in [6, 6.07) is 0.181. The van der Waals surface area contributed by atoms with Gasteiger partial charge in [-0.15, -0.1) is 11.3 Å². The van der Waals surface area contributed by atoms with E-state index in [4.69, 9.17) is 10.7 Å². The molecule has 1 aliphatic heterocycles. The summed E-state index contributed by atoms with van der Waals surface area (Å²) in [6.45, 7) is 4.57. The SMILES string of the molecule is CC1CN(c2nc3c(s2)CCCC3N)CCS1. The van der Waals surface area contributed by atoms with Gasteiger partial charge in [0, 0.05) is 35.0 Å². The molecule has 2 heterocycles. The quantitative estimate of drug-likeness (QED) is 0.850. The Hall–Kier alpha value is -0.260. The van der Waals surface area contributed by atoms with Gasteiger partial charge in [-0.1, -0.05) is 6.92 Å². The Balaban J connectivity index is 1.83. The first-order valence-corrected chi connectivity index (χ1v) is 8.22. The predicted molar refractivity (Wildman–Crippen MR) is 76.1 cm³/mol. The topological polar surface area (TPSA) is 42.2 Å². The molecule has 0 saturated carbocycles. The van der Waals surface area contributed by atoms with Crippen molar-refractivity contribution in [2.45, 2.75) is 37.5 Å². The Morgan fingerprint density at radius 1 is 1.47 bits per heavy atom. The molecule has 0 aromatic carbocycles. The van der Waals surface area contributed by atoms with Gasteiger partial charge in [0.05, 0.1) is 5.69 Å². The second kappa shape index (κ2) is 4.78. The van der Waals surface area contributed by atoms with Crippen LogP contribution in [0.25, 0.3) is 0 Å². The third-order valence-corrected chi connectivity index (χ3v) is 5.83.